The summed E-state index contributed by atoms with van der Waals surface area (Å²) in [7, 11) is 0. The third-order valence-corrected chi connectivity index (χ3v) is 2.09. The second-order valence-corrected chi connectivity index (χ2v) is 3.32. The molecule has 0 saturated carbocycles. The largest absolute Gasteiger partial charge is 0.476 e. The van der Waals surface area contributed by atoms with Crippen molar-refractivity contribution in [3.8, 4) is 0 Å². The smallest absolute Gasteiger partial charge is 0.357 e. The van der Waals surface area contributed by atoms with E-state index in [1.54, 1.807) is 18.2 Å². The molecule has 0 aliphatic carbocycles. The molecule has 0 spiro atoms. The standard InChI is InChI=1S/C10H9N3O3/c1-5(14)11-6-2-3-7-8(4-6)12-13-9(7)10(15)16/h2-4H,1H3,(H,11,14)(H,12,13)(H,15,16). The summed E-state index contributed by atoms with van der Waals surface area (Å²) in [6.07, 6.45) is 0. The monoisotopic (exact) mass is 219 g/mol. The minimum atomic E-state index is -1.08. The van der Waals surface area contributed by atoms with Crippen LogP contribution < -0.4 is 5.32 Å². The van der Waals surface area contributed by atoms with Crippen LogP contribution in [0.2, 0.25) is 0 Å². The molecule has 0 fully saturated rings. The van der Waals surface area contributed by atoms with Gasteiger partial charge in [0, 0.05) is 18.0 Å². The molecule has 2 aromatic rings. The number of rotatable bonds is 2. The first-order valence-corrected chi connectivity index (χ1v) is 4.57. The highest BCUT2D eigenvalue weighted by molar-refractivity contribution is 6.02. The van der Waals surface area contributed by atoms with Gasteiger partial charge in [-0.15, -0.1) is 0 Å². The fourth-order valence-electron chi connectivity index (χ4n) is 1.46. The van der Waals surface area contributed by atoms with Gasteiger partial charge in [-0.3, -0.25) is 9.89 Å². The molecule has 0 aliphatic heterocycles. The third kappa shape index (κ3) is 1.72. The molecule has 0 radical (unpaired) electrons. The van der Waals surface area contributed by atoms with E-state index in [0.717, 1.165) is 0 Å². The molecule has 6 nitrogen and oxygen atoms in total. The number of fused-ring (bicyclic) bond motifs is 1. The van der Waals surface area contributed by atoms with E-state index in [2.05, 4.69) is 15.5 Å². The third-order valence-electron chi connectivity index (χ3n) is 2.09. The molecule has 82 valence electrons. The van der Waals surface area contributed by atoms with E-state index in [4.69, 9.17) is 5.11 Å². The number of carboxylic acids is 1. The summed E-state index contributed by atoms with van der Waals surface area (Å²) in [6.45, 7) is 1.40. The van der Waals surface area contributed by atoms with Crippen LogP contribution in [0.25, 0.3) is 10.9 Å². The van der Waals surface area contributed by atoms with Crippen LogP contribution in [0.1, 0.15) is 17.4 Å². The number of aromatic nitrogens is 2. The van der Waals surface area contributed by atoms with E-state index in [1.165, 1.54) is 6.92 Å². The van der Waals surface area contributed by atoms with Crippen molar-refractivity contribution < 1.29 is 14.7 Å². The van der Waals surface area contributed by atoms with Crippen LogP contribution in [0.4, 0.5) is 5.69 Å². The number of carbonyl (C=O) groups is 2. The number of aromatic carboxylic acids is 1. The van der Waals surface area contributed by atoms with E-state index in [-0.39, 0.29) is 11.6 Å². The van der Waals surface area contributed by atoms with Crippen molar-refractivity contribution in [1.29, 1.82) is 0 Å². The van der Waals surface area contributed by atoms with Crippen molar-refractivity contribution >= 4 is 28.5 Å². The first-order valence-electron chi connectivity index (χ1n) is 4.57. The molecule has 0 unspecified atom stereocenters. The zero-order valence-electron chi connectivity index (χ0n) is 8.44. The van der Waals surface area contributed by atoms with Crippen LogP contribution in [0.5, 0.6) is 0 Å². The maximum absolute atomic E-state index is 10.8. The van der Waals surface area contributed by atoms with Crippen molar-refractivity contribution in [3.05, 3.63) is 23.9 Å². The van der Waals surface area contributed by atoms with Gasteiger partial charge in [0.1, 0.15) is 0 Å². The number of anilines is 1. The van der Waals surface area contributed by atoms with Crippen LogP contribution >= 0.6 is 0 Å². The predicted molar refractivity (Wildman–Crippen MR) is 57.4 cm³/mol. The van der Waals surface area contributed by atoms with Gasteiger partial charge in [-0.2, -0.15) is 5.10 Å². The number of nitrogens with one attached hydrogen (secondary N) is 2. The second-order valence-electron chi connectivity index (χ2n) is 3.32. The Hall–Kier alpha value is -2.37. The van der Waals surface area contributed by atoms with E-state index < -0.39 is 5.97 Å². The number of nitrogens with zero attached hydrogens (tertiary/aromatic N) is 1. The normalized spacial score (nSPS) is 10.3. The number of hydrogen-bond acceptors (Lipinski definition) is 3. The Balaban J connectivity index is 2.49. The number of hydrogen-bond donors (Lipinski definition) is 3. The Labute approximate surface area is 90.3 Å². The second kappa shape index (κ2) is 3.65. The van der Waals surface area contributed by atoms with Gasteiger partial charge in [-0.1, -0.05) is 0 Å². The quantitative estimate of drug-likeness (QED) is 0.707. The first-order chi connectivity index (χ1) is 7.58. The summed E-state index contributed by atoms with van der Waals surface area (Å²) in [5.74, 6) is -1.27. The van der Waals surface area contributed by atoms with Crippen molar-refractivity contribution in [2.24, 2.45) is 0 Å². The fourth-order valence-corrected chi connectivity index (χ4v) is 1.46. The van der Waals surface area contributed by atoms with E-state index in [0.29, 0.717) is 16.6 Å². The summed E-state index contributed by atoms with van der Waals surface area (Å²) in [6, 6.07) is 4.87. The fraction of sp³-hybridized carbons (Fsp3) is 0.100. The predicted octanol–water partition coefficient (Wildman–Crippen LogP) is 1.22. The molecule has 0 aliphatic rings. The number of carboxylic acid groups (broad SMARTS) is 1. The van der Waals surface area contributed by atoms with Crippen molar-refractivity contribution in [2.75, 3.05) is 5.32 Å². The molecule has 1 amide bonds. The molecule has 6 heteroatoms. The number of benzene rings is 1. The Bertz CT molecular complexity index is 574. The topological polar surface area (TPSA) is 95.1 Å². The summed E-state index contributed by atoms with van der Waals surface area (Å²) >= 11 is 0. The molecular weight excluding hydrogens is 210 g/mol. The number of aromatic amines is 1. The van der Waals surface area contributed by atoms with Gasteiger partial charge in [0.15, 0.2) is 5.69 Å². The SMILES string of the molecule is CC(=O)Nc1ccc2c(C(=O)O)n[nH]c2c1. The van der Waals surface area contributed by atoms with Crippen LogP contribution in [-0.2, 0) is 4.79 Å². The maximum Gasteiger partial charge on any atom is 0.357 e. The Kier molecular flexibility index (Phi) is 2.32. The van der Waals surface area contributed by atoms with Crippen molar-refractivity contribution in [2.45, 2.75) is 6.92 Å². The van der Waals surface area contributed by atoms with Gasteiger partial charge in [-0.25, -0.2) is 4.79 Å². The summed E-state index contributed by atoms with van der Waals surface area (Å²) in [5, 5.41) is 18.2. The molecule has 1 aromatic carbocycles. The summed E-state index contributed by atoms with van der Waals surface area (Å²) in [4.78, 5) is 21.6. The Morgan fingerprint density at radius 1 is 1.44 bits per heavy atom. The lowest BCUT2D eigenvalue weighted by Gasteiger charge is -2.00. The first kappa shape index (κ1) is 10.2. The lowest BCUT2D eigenvalue weighted by molar-refractivity contribution is -0.114. The molecule has 3 N–H and O–H groups in total. The van der Waals surface area contributed by atoms with Crippen molar-refractivity contribution in [1.82, 2.24) is 10.2 Å². The van der Waals surface area contributed by atoms with Gasteiger partial charge >= 0.3 is 5.97 Å². The van der Waals surface area contributed by atoms with E-state index in [9.17, 15) is 9.59 Å². The lowest BCUT2D eigenvalue weighted by atomic mass is 10.2. The number of carbonyl (C=O) groups excluding carboxylic acids is 1. The summed E-state index contributed by atoms with van der Waals surface area (Å²) in [5.41, 5.74) is 1.15. The molecule has 1 heterocycles. The molecule has 0 atom stereocenters. The van der Waals surface area contributed by atoms with Gasteiger partial charge < -0.3 is 10.4 Å². The molecule has 0 bridgehead atoms. The molecule has 1 aromatic heterocycles. The highest BCUT2D eigenvalue weighted by Crippen LogP contribution is 2.20. The molecule has 16 heavy (non-hydrogen) atoms. The maximum atomic E-state index is 10.8. The van der Waals surface area contributed by atoms with Gasteiger partial charge in [-0.05, 0) is 18.2 Å². The van der Waals surface area contributed by atoms with Gasteiger partial charge in [0.2, 0.25) is 5.91 Å². The average Bonchev–Trinajstić information content (AvgIpc) is 2.59. The van der Waals surface area contributed by atoms with Gasteiger partial charge in [0.25, 0.3) is 0 Å². The van der Waals surface area contributed by atoms with Crippen LogP contribution in [0.3, 0.4) is 0 Å². The minimum Gasteiger partial charge on any atom is -0.476 e. The minimum absolute atomic E-state index is 0.0237. The molecule has 2 rings (SSSR count). The van der Waals surface area contributed by atoms with Gasteiger partial charge in [0.05, 0.1) is 5.52 Å². The highest BCUT2D eigenvalue weighted by Gasteiger charge is 2.12. The van der Waals surface area contributed by atoms with Crippen LogP contribution in [0.15, 0.2) is 18.2 Å². The zero-order chi connectivity index (χ0) is 11.7. The number of H-pyrrole nitrogens is 1. The molecule has 0 saturated heterocycles. The van der Waals surface area contributed by atoms with Crippen LogP contribution in [-0.4, -0.2) is 27.2 Å². The average molecular weight is 219 g/mol. The highest BCUT2D eigenvalue weighted by atomic mass is 16.4. The van der Waals surface area contributed by atoms with Crippen LogP contribution in [0, 0.1) is 0 Å². The van der Waals surface area contributed by atoms with Crippen molar-refractivity contribution in [3.63, 3.8) is 0 Å². The lowest BCUT2D eigenvalue weighted by Crippen LogP contribution is -2.05. The Morgan fingerprint density at radius 2 is 2.19 bits per heavy atom. The zero-order valence-corrected chi connectivity index (χ0v) is 8.44. The summed E-state index contributed by atoms with van der Waals surface area (Å²) < 4.78 is 0. The number of amides is 1. The van der Waals surface area contributed by atoms with E-state index >= 15 is 0 Å². The van der Waals surface area contributed by atoms with E-state index in [1.807, 2.05) is 0 Å². The molecular formula is C10H9N3O3. The Morgan fingerprint density at radius 3 is 2.81 bits per heavy atom.